The Hall–Kier alpha value is -1.36. The van der Waals surface area contributed by atoms with Gasteiger partial charge in [-0.05, 0) is 6.54 Å². The van der Waals surface area contributed by atoms with Crippen molar-refractivity contribution in [3.8, 4) is 0 Å². The number of aromatic nitrogens is 2. The average molecular weight is 225 g/mol. The Bertz CT molecular complexity index is 349. The van der Waals surface area contributed by atoms with Crippen molar-refractivity contribution in [2.24, 2.45) is 13.0 Å². The third-order valence-corrected chi connectivity index (χ3v) is 2.70. The highest BCUT2D eigenvalue weighted by molar-refractivity contribution is 5.69. The number of rotatable bonds is 6. The van der Waals surface area contributed by atoms with Gasteiger partial charge in [0.1, 0.15) is 0 Å². The number of aryl methyl sites for hydroxylation is 1. The van der Waals surface area contributed by atoms with Crippen molar-refractivity contribution < 1.29 is 9.90 Å². The summed E-state index contributed by atoms with van der Waals surface area (Å²) in [7, 11) is 1.94. The lowest BCUT2D eigenvalue weighted by Gasteiger charge is -2.22. The topological polar surface area (TPSA) is 58.4 Å². The molecule has 0 radical (unpaired) electrons. The average Bonchev–Trinajstić information content (AvgIpc) is 2.63. The molecule has 1 aromatic heterocycles. The summed E-state index contributed by atoms with van der Waals surface area (Å²) in [5, 5.41) is 8.86. The number of hydrogen-bond acceptors (Lipinski definition) is 3. The monoisotopic (exact) mass is 225 g/mol. The highest BCUT2D eigenvalue weighted by Gasteiger charge is 2.15. The van der Waals surface area contributed by atoms with Gasteiger partial charge in [-0.1, -0.05) is 13.8 Å². The predicted octanol–water partition coefficient (Wildman–Crippen LogP) is 0.963. The lowest BCUT2D eigenvalue weighted by Crippen LogP contribution is -2.31. The van der Waals surface area contributed by atoms with Gasteiger partial charge in [0.05, 0.1) is 17.9 Å². The van der Waals surface area contributed by atoms with E-state index in [1.165, 1.54) is 0 Å². The van der Waals surface area contributed by atoms with Crippen molar-refractivity contribution in [2.45, 2.75) is 20.4 Å². The van der Waals surface area contributed by atoms with Crippen LogP contribution in [0.5, 0.6) is 0 Å². The van der Waals surface area contributed by atoms with Gasteiger partial charge in [0.15, 0.2) is 0 Å². The number of imidazole rings is 1. The number of carboxylic acid groups (broad SMARTS) is 1. The first-order valence-corrected chi connectivity index (χ1v) is 5.45. The molecule has 0 bridgehead atoms. The van der Waals surface area contributed by atoms with Crippen LogP contribution in [0.1, 0.15) is 19.5 Å². The summed E-state index contributed by atoms with van der Waals surface area (Å²) >= 11 is 0. The zero-order valence-corrected chi connectivity index (χ0v) is 10.1. The fraction of sp³-hybridized carbons (Fsp3) is 0.636. The maximum Gasteiger partial charge on any atom is 0.307 e. The molecule has 16 heavy (non-hydrogen) atoms. The van der Waals surface area contributed by atoms with E-state index >= 15 is 0 Å². The molecule has 0 saturated heterocycles. The van der Waals surface area contributed by atoms with Crippen LogP contribution in [0.25, 0.3) is 0 Å². The largest absolute Gasteiger partial charge is 0.481 e. The molecule has 1 heterocycles. The standard InChI is InChI=1S/C11H19N3O2/c1-4-14(6-9(2)11(15)16)7-10-5-12-8-13(10)3/h5,8-9H,4,6-7H2,1-3H3,(H,15,16). The van der Waals surface area contributed by atoms with E-state index < -0.39 is 5.97 Å². The second kappa shape index (κ2) is 5.65. The first kappa shape index (κ1) is 12.7. The van der Waals surface area contributed by atoms with Crippen LogP contribution in [-0.4, -0.2) is 38.6 Å². The molecule has 5 nitrogen and oxygen atoms in total. The SMILES string of the molecule is CCN(Cc1cncn1C)CC(C)C(=O)O. The highest BCUT2D eigenvalue weighted by atomic mass is 16.4. The molecule has 0 amide bonds. The van der Waals surface area contributed by atoms with Crippen molar-refractivity contribution in [1.82, 2.24) is 14.5 Å². The molecule has 1 aromatic rings. The summed E-state index contributed by atoms with van der Waals surface area (Å²) in [6.45, 7) is 5.91. The molecule has 0 spiro atoms. The summed E-state index contributed by atoms with van der Waals surface area (Å²) < 4.78 is 1.95. The van der Waals surface area contributed by atoms with Crippen LogP contribution in [0.2, 0.25) is 0 Å². The van der Waals surface area contributed by atoms with Gasteiger partial charge in [-0.15, -0.1) is 0 Å². The molecule has 1 N–H and O–H groups in total. The van der Waals surface area contributed by atoms with Crippen LogP contribution in [-0.2, 0) is 18.4 Å². The summed E-state index contributed by atoms with van der Waals surface area (Å²) in [4.78, 5) is 16.9. The lowest BCUT2D eigenvalue weighted by molar-refractivity contribution is -0.141. The Labute approximate surface area is 95.7 Å². The lowest BCUT2D eigenvalue weighted by atomic mass is 10.1. The molecule has 0 aliphatic heterocycles. The van der Waals surface area contributed by atoms with Crippen LogP contribution >= 0.6 is 0 Å². The fourth-order valence-corrected chi connectivity index (χ4v) is 1.54. The number of aliphatic carboxylic acids is 1. The molecule has 0 aromatic carbocycles. The maximum atomic E-state index is 10.8. The van der Waals surface area contributed by atoms with E-state index in [1.54, 1.807) is 13.3 Å². The van der Waals surface area contributed by atoms with Gasteiger partial charge in [0, 0.05) is 26.3 Å². The van der Waals surface area contributed by atoms with Crippen LogP contribution in [0.4, 0.5) is 0 Å². The number of hydrogen-bond donors (Lipinski definition) is 1. The Morgan fingerprint density at radius 2 is 2.38 bits per heavy atom. The van der Waals surface area contributed by atoms with Crippen LogP contribution in [0.15, 0.2) is 12.5 Å². The molecule has 90 valence electrons. The van der Waals surface area contributed by atoms with Gasteiger partial charge >= 0.3 is 5.97 Å². The Morgan fingerprint density at radius 3 is 2.81 bits per heavy atom. The van der Waals surface area contributed by atoms with Gasteiger partial charge < -0.3 is 9.67 Å². The molecule has 5 heteroatoms. The second-order valence-corrected chi connectivity index (χ2v) is 4.06. The molecule has 1 unspecified atom stereocenters. The Morgan fingerprint density at radius 1 is 1.69 bits per heavy atom. The van der Waals surface area contributed by atoms with E-state index in [2.05, 4.69) is 9.88 Å². The van der Waals surface area contributed by atoms with Crippen molar-refractivity contribution in [3.63, 3.8) is 0 Å². The fourth-order valence-electron chi connectivity index (χ4n) is 1.54. The normalized spacial score (nSPS) is 13.0. The summed E-state index contributed by atoms with van der Waals surface area (Å²) in [6.07, 6.45) is 3.57. The first-order chi connectivity index (χ1) is 7.54. The van der Waals surface area contributed by atoms with Gasteiger partial charge in [0.2, 0.25) is 0 Å². The summed E-state index contributed by atoms with van der Waals surface area (Å²) in [5.41, 5.74) is 1.10. The van der Waals surface area contributed by atoms with E-state index in [0.717, 1.165) is 18.8 Å². The van der Waals surface area contributed by atoms with E-state index in [-0.39, 0.29) is 5.92 Å². The minimum absolute atomic E-state index is 0.340. The quantitative estimate of drug-likeness (QED) is 0.783. The first-order valence-electron chi connectivity index (χ1n) is 5.45. The number of carboxylic acids is 1. The van der Waals surface area contributed by atoms with E-state index in [1.807, 2.05) is 24.7 Å². The maximum absolute atomic E-state index is 10.8. The number of nitrogens with zero attached hydrogens (tertiary/aromatic N) is 3. The van der Waals surface area contributed by atoms with Crippen LogP contribution in [0.3, 0.4) is 0 Å². The molecule has 0 aliphatic rings. The van der Waals surface area contributed by atoms with Gasteiger partial charge in [-0.3, -0.25) is 9.69 Å². The van der Waals surface area contributed by atoms with E-state index in [4.69, 9.17) is 5.11 Å². The molecule has 1 rings (SSSR count). The Balaban J connectivity index is 2.56. The van der Waals surface area contributed by atoms with Crippen molar-refractivity contribution >= 4 is 5.97 Å². The zero-order valence-electron chi connectivity index (χ0n) is 10.1. The van der Waals surface area contributed by atoms with Crippen LogP contribution in [0, 0.1) is 5.92 Å². The minimum atomic E-state index is -0.747. The van der Waals surface area contributed by atoms with E-state index in [0.29, 0.717) is 6.54 Å². The summed E-state index contributed by atoms with van der Waals surface area (Å²) in [6, 6.07) is 0. The van der Waals surface area contributed by atoms with Crippen molar-refractivity contribution in [1.29, 1.82) is 0 Å². The molecule has 0 saturated carbocycles. The molecule has 0 aliphatic carbocycles. The summed E-state index contributed by atoms with van der Waals surface area (Å²) in [5.74, 6) is -1.09. The smallest absolute Gasteiger partial charge is 0.307 e. The van der Waals surface area contributed by atoms with Crippen molar-refractivity contribution in [2.75, 3.05) is 13.1 Å². The minimum Gasteiger partial charge on any atom is -0.481 e. The Kier molecular flexibility index (Phi) is 4.49. The zero-order chi connectivity index (χ0) is 12.1. The predicted molar refractivity (Wildman–Crippen MR) is 61.0 cm³/mol. The third kappa shape index (κ3) is 3.34. The van der Waals surface area contributed by atoms with Crippen molar-refractivity contribution in [3.05, 3.63) is 18.2 Å². The third-order valence-electron chi connectivity index (χ3n) is 2.70. The highest BCUT2D eigenvalue weighted by Crippen LogP contribution is 2.06. The van der Waals surface area contributed by atoms with Gasteiger partial charge in [-0.25, -0.2) is 4.98 Å². The molecule has 0 fully saturated rings. The molecule has 1 atom stereocenters. The second-order valence-electron chi connectivity index (χ2n) is 4.06. The van der Waals surface area contributed by atoms with Crippen LogP contribution < -0.4 is 0 Å². The molecular weight excluding hydrogens is 206 g/mol. The van der Waals surface area contributed by atoms with Gasteiger partial charge in [0.25, 0.3) is 0 Å². The van der Waals surface area contributed by atoms with Gasteiger partial charge in [-0.2, -0.15) is 0 Å². The van der Waals surface area contributed by atoms with E-state index in [9.17, 15) is 4.79 Å². The molecular formula is C11H19N3O2. The number of carbonyl (C=O) groups is 1.